The number of hydrogen-bond donors (Lipinski definition) is 2. The number of imide groups is 1. The van der Waals surface area contributed by atoms with Crippen molar-refractivity contribution >= 4 is 29.5 Å². The Hall–Kier alpha value is -2.63. The molecule has 1 aromatic carbocycles. The number of aryl methyl sites for hydroxylation is 1. The predicted octanol–water partition coefficient (Wildman–Crippen LogP) is 0.556. The fraction of sp³-hybridized carbons (Fsp3) is 0.214. The van der Waals surface area contributed by atoms with E-state index in [1.165, 1.54) is 6.08 Å². The zero-order valence-corrected chi connectivity index (χ0v) is 10.9. The molecule has 0 aliphatic carbocycles. The van der Waals surface area contributed by atoms with Crippen molar-refractivity contribution in [2.24, 2.45) is 0 Å². The lowest BCUT2D eigenvalue weighted by atomic mass is 10.1. The van der Waals surface area contributed by atoms with Crippen LogP contribution in [0.5, 0.6) is 0 Å². The van der Waals surface area contributed by atoms with Crippen molar-refractivity contribution in [2.75, 3.05) is 18.0 Å². The minimum Gasteiger partial charge on any atom is -0.478 e. The summed E-state index contributed by atoms with van der Waals surface area (Å²) < 4.78 is 0. The lowest BCUT2D eigenvalue weighted by molar-refractivity contribution is -0.132. The minimum absolute atomic E-state index is 0.0721. The number of nitrogens with one attached hydrogen (secondary N) is 1. The number of anilines is 1. The van der Waals surface area contributed by atoms with Crippen LogP contribution in [0.1, 0.15) is 11.1 Å². The standard InChI is InChI=1S/C14H14N2O4/c1-9-2-4-11(10(6-9)3-5-14(19)20)16-7-12(17)15-13(18)8-16/h2-6H,7-8H2,1H3,(H,19,20)(H,15,17,18)/b5-3+. The molecule has 0 aromatic heterocycles. The van der Waals surface area contributed by atoms with Gasteiger partial charge in [0.2, 0.25) is 11.8 Å². The van der Waals surface area contributed by atoms with Gasteiger partial charge in [0.25, 0.3) is 0 Å². The summed E-state index contributed by atoms with van der Waals surface area (Å²) in [7, 11) is 0. The van der Waals surface area contributed by atoms with Gasteiger partial charge in [-0.3, -0.25) is 14.9 Å². The first-order chi connectivity index (χ1) is 9.45. The normalized spacial score (nSPS) is 15.6. The van der Waals surface area contributed by atoms with Crippen molar-refractivity contribution in [3.63, 3.8) is 0 Å². The van der Waals surface area contributed by atoms with Crippen LogP contribution in [0.2, 0.25) is 0 Å². The average Bonchev–Trinajstić information content (AvgIpc) is 2.35. The monoisotopic (exact) mass is 274 g/mol. The first-order valence-electron chi connectivity index (χ1n) is 6.05. The Labute approximate surface area is 115 Å². The van der Waals surface area contributed by atoms with Gasteiger partial charge in [-0.05, 0) is 30.7 Å². The molecule has 2 N–H and O–H groups in total. The van der Waals surface area contributed by atoms with Crippen LogP contribution in [0.25, 0.3) is 6.08 Å². The van der Waals surface area contributed by atoms with E-state index < -0.39 is 5.97 Å². The van der Waals surface area contributed by atoms with Crippen LogP contribution in [0.4, 0.5) is 5.69 Å². The molecule has 0 spiro atoms. The summed E-state index contributed by atoms with van der Waals surface area (Å²) in [6.45, 7) is 2.03. The maximum absolute atomic E-state index is 11.4. The molecule has 2 amide bonds. The highest BCUT2D eigenvalue weighted by atomic mass is 16.4. The molecule has 1 aliphatic heterocycles. The van der Waals surface area contributed by atoms with Crippen molar-refractivity contribution in [1.29, 1.82) is 0 Å². The van der Waals surface area contributed by atoms with Gasteiger partial charge < -0.3 is 10.0 Å². The number of amides is 2. The number of carbonyl (C=O) groups is 3. The average molecular weight is 274 g/mol. The Morgan fingerprint density at radius 3 is 2.55 bits per heavy atom. The quantitative estimate of drug-likeness (QED) is 0.621. The van der Waals surface area contributed by atoms with E-state index in [1.54, 1.807) is 11.0 Å². The Morgan fingerprint density at radius 1 is 1.30 bits per heavy atom. The summed E-state index contributed by atoms with van der Waals surface area (Å²) in [5, 5.41) is 10.9. The molecule has 0 radical (unpaired) electrons. The largest absolute Gasteiger partial charge is 0.478 e. The van der Waals surface area contributed by atoms with Crippen molar-refractivity contribution < 1.29 is 19.5 Å². The number of benzene rings is 1. The fourth-order valence-electron chi connectivity index (χ4n) is 2.06. The van der Waals surface area contributed by atoms with E-state index in [9.17, 15) is 14.4 Å². The van der Waals surface area contributed by atoms with E-state index >= 15 is 0 Å². The third-order valence-corrected chi connectivity index (χ3v) is 2.88. The van der Waals surface area contributed by atoms with Gasteiger partial charge >= 0.3 is 5.97 Å². The number of carboxylic acid groups (broad SMARTS) is 1. The molecule has 1 aromatic rings. The number of nitrogens with zero attached hydrogens (tertiary/aromatic N) is 1. The van der Waals surface area contributed by atoms with Crippen LogP contribution in [0.15, 0.2) is 24.3 Å². The second kappa shape index (κ2) is 5.56. The van der Waals surface area contributed by atoms with Crippen molar-refractivity contribution in [2.45, 2.75) is 6.92 Å². The van der Waals surface area contributed by atoms with Crippen LogP contribution in [0.3, 0.4) is 0 Å². The highest BCUT2D eigenvalue weighted by Gasteiger charge is 2.23. The minimum atomic E-state index is -1.05. The zero-order valence-electron chi connectivity index (χ0n) is 10.9. The van der Waals surface area contributed by atoms with Gasteiger partial charge in [0, 0.05) is 11.8 Å². The van der Waals surface area contributed by atoms with E-state index in [0.717, 1.165) is 11.6 Å². The second-order valence-electron chi connectivity index (χ2n) is 4.56. The Kier molecular flexibility index (Phi) is 3.84. The Balaban J connectivity index is 2.37. The maximum atomic E-state index is 11.4. The number of piperazine rings is 1. The van der Waals surface area contributed by atoms with Gasteiger partial charge in [-0.25, -0.2) is 4.79 Å². The van der Waals surface area contributed by atoms with E-state index in [0.29, 0.717) is 11.3 Å². The molecule has 0 atom stereocenters. The van der Waals surface area contributed by atoms with Crippen LogP contribution < -0.4 is 10.2 Å². The number of carbonyl (C=O) groups excluding carboxylic acids is 2. The van der Waals surface area contributed by atoms with Crippen molar-refractivity contribution in [3.8, 4) is 0 Å². The molecule has 1 saturated heterocycles. The number of hydrogen-bond acceptors (Lipinski definition) is 4. The molecule has 104 valence electrons. The number of carboxylic acids is 1. The molecule has 1 aliphatic rings. The summed E-state index contributed by atoms with van der Waals surface area (Å²) in [6.07, 6.45) is 2.49. The molecule has 0 bridgehead atoms. The van der Waals surface area contributed by atoms with Crippen LogP contribution in [0, 0.1) is 6.92 Å². The van der Waals surface area contributed by atoms with E-state index in [1.807, 2.05) is 19.1 Å². The van der Waals surface area contributed by atoms with Gasteiger partial charge in [-0.2, -0.15) is 0 Å². The van der Waals surface area contributed by atoms with E-state index in [-0.39, 0.29) is 24.9 Å². The lowest BCUT2D eigenvalue weighted by Crippen LogP contribution is -2.51. The summed E-state index contributed by atoms with van der Waals surface area (Å²) >= 11 is 0. The molecular formula is C14H14N2O4. The molecule has 2 rings (SSSR count). The zero-order chi connectivity index (χ0) is 14.7. The molecule has 1 fully saturated rings. The molecule has 0 saturated carbocycles. The third kappa shape index (κ3) is 3.23. The Morgan fingerprint density at radius 2 is 1.95 bits per heavy atom. The summed E-state index contributed by atoms with van der Waals surface area (Å²) in [5.41, 5.74) is 2.29. The summed E-state index contributed by atoms with van der Waals surface area (Å²) in [6, 6.07) is 5.44. The van der Waals surface area contributed by atoms with Gasteiger partial charge in [-0.1, -0.05) is 11.6 Å². The van der Waals surface area contributed by atoms with Crippen molar-refractivity contribution in [3.05, 3.63) is 35.4 Å². The second-order valence-corrected chi connectivity index (χ2v) is 4.56. The molecule has 6 nitrogen and oxygen atoms in total. The first kappa shape index (κ1) is 13.8. The van der Waals surface area contributed by atoms with Crippen molar-refractivity contribution in [1.82, 2.24) is 5.32 Å². The van der Waals surface area contributed by atoms with Crippen LogP contribution >= 0.6 is 0 Å². The molecule has 1 heterocycles. The van der Waals surface area contributed by atoms with Crippen LogP contribution in [-0.4, -0.2) is 36.0 Å². The highest BCUT2D eigenvalue weighted by Crippen LogP contribution is 2.24. The number of aliphatic carboxylic acids is 1. The van der Waals surface area contributed by atoms with E-state index in [4.69, 9.17) is 5.11 Å². The highest BCUT2D eigenvalue weighted by molar-refractivity contribution is 6.03. The predicted molar refractivity (Wildman–Crippen MR) is 73.2 cm³/mol. The first-order valence-corrected chi connectivity index (χ1v) is 6.05. The molecule has 20 heavy (non-hydrogen) atoms. The molecule has 6 heteroatoms. The topological polar surface area (TPSA) is 86.7 Å². The summed E-state index contributed by atoms with van der Waals surface area (Å²) in [5.74, 6) is -1.78. The molecular weight excluding hydrogens is 260 g/mol. The van der Waals surface area contributed by atoms with Gasteiger partial charge in [0.1, 0.15) is 0 Å². The van der Waals surface area contributed by atoms with Crippen LogP contribution in [-0.2, 0) is 14.4 Å². The lowest BCUT2D eigenvalue weighted by Gasteiger charge is -2.28. The van der Waals surface area contributed by atoms with Gasteiger partial charge in [-0.15, -0.1) is 0 Å². The van der Waals surface area contributed by atoms with Gasteiger partial charge in [0.15, 0.2) is 0 Å². The fourth-order valence-corrected chi connectivity index (χ4v) is 2.06. The van der Waals surface area contributed by atoms with E-state index in [2.05, 4.69) is 5.32 Å². The SMILES string of the molecule is Cc1ccc(N2CC(=O)NC(=O)C2)c(/C=C/C(=O)O)c1. The number of rotatable bonds is 3. The smallest absolute Gasteiger partial charge is 0.328 e. The third-order valence-electron chi connectivity index (χ3n) is 2.88. The Bertz CT molecular complexity index is 591. The maximum Gasteiger partial charge on any atom is 0.328 e. The van der Waals surface area contributed by atoms with Gasteiger partial charge in [0.05, 0.1) is 13.1 Å². The summed E-state index contributed by atoms with van der Waals surface area (Å²) in [4.78, 5) is 35.1. The molecule has 0 unspecified atom stereocenters.